The van der Waals surface area contributed by atoms with E-state index in [0.29, 0.717) is 25.4 Å². The zero-order chi connectivity index (χ0) is 15.0. The van der Waals surface area contributed by atoms with Crippen LogP contribution >= 0.6 is 0 Å². The average molecular weight is 301 g/mol. The molecule has 1 aromatic rings. The van der Waals surface area contributed by atoms with Gasteiger partial charge in [-0.05, 0) is 31.9 Å². The maximum atomic E-state index is 12.4. The highest BCUT2D eigenvalue weighted by atomic mass is 32.2. The molecule has 20 heavy (non-hydrogen) atoms. The predicted molar refractivity (Wildman–Crippen MR) is 79.3 cm³/mol. The number of sulfonamides is 1. The third kappa shape index (κ3) is 5.07. The van der Waals surface area contributed by atoms with Gasteiger partial charge < -0.3 is 10.1 Å². The zero-order valence-corrected chi connectivity index (χ0v) is 13.0. The number of nitrogens with one attached hydrogen (secondary N) is 2. The molecule has 1 aromatic heterocycles. The third-order valence-electron chi connectivity index (χ3n) is 2.71. The lowest BCUT2D eigenvalue weighted by atomic mass is 10.3. The van der Waals surface area contributed by atoms with E-state index in [1.54, 1.807) is 25.4 Å². The van der Waals surface area contributed by atoms with Crippen LogP contribution in [0.5, 0.6) is 0 Å². The second kappa shape index (κ2) is 8.18. The van der Waals surface area contributed by atoms with Crippen molar-refractivity contribution in [1.82, 2.24) is 9.71 Å². The molecule has 6 nitrogen and oxygen atoms in total. The van der Waals surface area contributed by atoms with E-state index in [2.05, 4.69) is 15.0 Å². The molecule has 114 valence electrons. The largest absolute Gasteiger partial charge is 0.385 e. The summed E-state index contributed by atoms with van der Waals surface area (Å²) in [6.45, 7) is 5.01. The van der Waals surface area contributed by atoms with Crippen molar-refractivity contribution in [2.24, 2.45) is 0 Å². The van der Waals surface area contributed by atoms with Crippen LogP contribution in [0.15, 0.2) is 23.2 Å². The summed E-state index contributed by atoms with van der Waals surface area (Å²) in [5, 5.41) is 3.03. The van der Waals surface area contributed by atoms with Crippen LogP contribution in [-0.2, 0) is 14.8 Å². The molecule has 0 aromatic carbocycles. The van der Waals surface area contributed by atoms with Crippen LogP contribution in [0, 0.1) is 0 Å². The summed E-state index contributed by atoms with van der Waals surface area (Å²) in [6, 6.07) is 2.97. The van der Waals surface area contributed by atoms with Gasteiger partial charge in [-0.3, -0.25) is 0 Å². The Morgan fingerprint density at radius 2 is 2.20 bits per heavy atom. The molecule has 0 radical (unpaired) electrons. The summed E-state index contributed by atoms with van der Waals surface area (Å²) in [5.41, 5.74) is 0. The Kier molecular flexibility index (Phi) is 6.90. The maximum absolute atomic E-state index is 12.4. The van der Waals surface area contributed by atoms with E-state index >= 15 is 0 Å². The molecule has 1 heterocycles. The minimum absolute atomic E-state index is 0.178. The van der Waals surface area contributed by atoms with Gasteiger partial charge in [0.2, 0.25) is 10.0 Å². The van der Waals surface area contributed by atoms with Gasteiger partial charge in [0.25, 0.3) is 0 Å². The van der Waals surface area contributed by atoms with Crippen LogP contribution in [-0.4, -0.2) is 39.7 Å². The SMILES string of the molecule is CCCNc1ncccc1S(=O)(=O)NC(C)CCOC. The second-order valence-electron chi connectivity index (χ2n) is 4.58. The number of hydrogen-bond donors (Lipinski definition) is 2. The van der Waals surface area contributed by atoms with Crippen molar-refractivity contribution in [3.05, 3.63) is 18.3 Å². The van der Waals surface area contributed by atoms with Crippen LogP contribution in [0.4, 0.5) is 5.82 Å². The van der Waals surface area contributed by atoms with Crippen LogP contribution in [0.1, 0.15) is 26.7 Å². The van der Waals surface area contributed by atoms with E-state index in [9.17, 15) is 8.42 Å². The zero-order valence-electron chi connectivity index (χ0n) is 12.2. The van der Waals surface area contributed by atoms with E-state index in [4.69, 9.17) is 4.74 Å². The molecule has 0 saturated heterocycles. The van der Waals surface area contributed by atoms with Crippen molar-refractivity contribution < 1.29 is 13.2 Å². The molecule has 0 fully saturated rings. The summed E-state index contributed by atoms with van der Waals surface area (Å²) in [6.07, 6.45) is 3.09. The lowest BCUT2D eigenvalue weighted by Crippen LogP contribution is -2.34. The first-order valence-corrected chi connectivity index (χ1v) is 8.19. The summed E-state index contributed by atoms with van der Waals surface area (Å²) in [7, 11) is -1.99. The van der Waals surface area contributed by atoms with Crippen molar-refractivity contribution in [2.75, 3.05) is 25.6 Å². The van der Waals surface area contributed by atoms with Gasteiger partial charge in [-0.1, -0.05) is 6.92 Å². The maximum Gasteiger partial charge on any atom is 0.244 e. The molecule has 1 unspecified atom stereocenters. The summed E-state index contributed by atoms with van der Waals surface area (Å²) in [5.74, 6) is 0.390. The molecular weight excluding hydrogens is 278 g/mol. The van der Waals surface area contributed by atoms with Gasteiger partial charge in [-0.25, -0.2) is 18.1 Å². The predicted octanol–water partition coefficient (Wildman–Crippen LogP) is 1.61. The molecule has 0 spiro atoms. The molecule has 0 aliphatic rings. The topological polar surface area (TPSA) is 80.3 Å². The Balaban J connectivity index is 2.86. The number of anilines is 1. The van der Waals surface area contributed by atoms with Crippen molar-refractivity contribution in [3.8, 4) is 0 Å². The molecular formula is C13H23N3O3S. The van der Waals surface area contributed by atoms with Gasteiger partial charge in [0, 0.05) is 32.5 Å². The lowest BCUT2D eigenvalue weighted by molar-refractivity contribution is 0.188. The fourth-order valence-corrected chi connectivity index (χ4v) is 3.08. The van der Waals surface area contributed by atoms with E-state index in [1.807, 2.05) is 13.8 Å². The first-order chi connectivity index (χ1) is 9.51. The Morgan fingerprint density at radius 1 is 1.45 bits per heavy atom. The minimum Gasteiger partial charge on any atom is -0.385 e. The van der Waals surface area contributed by atoms with E-state index in [0.717, 1.165) is 6.42 Å². The molecule has 0 saturated carbocycles. The average Bonchev–Trinajstić information content (AvgIpc) is 2.42. The first-order valence-electron chi connectivity index (χ1n) is 6.71. The second-order valence-corrected chi connectivity index (χ2v) is 6.26. The van der Waals surface area contributed by atoms with E-state index in [1.165, 1.54) is 0 Å². The lowest BCUT2D eigenvalue weighted by Gasteiger charge is -2.16. The van der Waals surface area contributed by atoms with Gasteiger partial charge in [-0.2, -0.15) is 0 Å². The Labute approximate surface area is 121 Å². The fraction of sp³-hybridized carbons (Fsp3) is 0.615. The number of aromatic nitrogens is 1. The van der Waals surface area contributed by atoms with Crippen molar-refractivity contribution >= 4 is 15.8 Å². The van der Waals surface area contributed by atoms with Gasteiger partial charge in [-0.15, -0.1) is 0 Å². The van der Waals surface area contributed by atoms with Crippen molar-refractivity contribution in [2.45, 2.75) is 37.6 Å². The van der Waals surface area contributed by atoms with Crippen LogP contribution < -0.4 is 10.0 Å². The Morgan fingerprint density at radius 3 is 2.85 bits per heavy atom. The summed E-state index contributed by atoms with van der Waals surface area (Å²) < 4.78 is 32.3. The number of rotatable bonds is 9. The Bertz CT molecular complexity index is 505. The molecule has 0 aliphatic carbocycles. The molecule has 7 heteroatoms. The molecule has 0 aliphatic heterocycles. The molecule has 1 rings (SSSR count). The Hall–Kier alpha value is -1.18. The van der Waals surface area contributed by atoms with Gasteiger partial charge in [0.05, 0.1) is 0 Å². The monoisotopic (exact) mass is 301 g/mol. The van der Waals surface area contributed by atoms with Crippen molar-refractivity contribution in [3.63, 3.8) is 0 Å². The number of ether oxygens (including phenoxy) is 1. The minimum atomic E-state index is -3.58. The standard InChI is InChI=1S/C13H23N3O3S/c1-4-8-14-13-12(6-5-9-15-13)20(17,18)16-11(2)7-10-19-3/h5-6,9,11,16H,4,7-8,10H2,1-3H3,(H,14,15). The van der Waals surface area contributed by atoms with Crippen LogP contribution in [0.3, 0.4) is 0 Å². The summed E-state index contributed by atoms with van der Waals surface area (Å²) >= 11 is 0. The molecule has 1 atom stereocenters. The van der Waals surface area contributed by atoms with Gasteiger partial charge in [0.15, 0.2) is 0 Å². The number of methoxy groups -OCH3 is 1. The number of pyridine rings is 1. The van der Waals surface area contributed by atoms with Gasteiger partial charge >= 0.3 is 0 Å². The van der Waals surface area contributed by atoms with Crippen LogP contribution in [0.2, 0.25) is 0 Å². The van der Waals surface area contributed by atoms with E-state index < -0.39 is 10.0 Å². The highest BCUT2D eigenvalue weighted by Gasteiger charge is 2.21. The molecule has 0 amide bonds. The number of nitrogens with zero attached hydrogens (tertiary/aromatic N) is 1. The van der Waals surface area contributed by atoms with Crippen molar-refractivity contribution in [1.29, 1.82) is 0 Å². The fourth-order valence-electron chi connectivity index (χ4n) is 1.67. The quantitative estimate of drug-likeness (QED) is 0.724. The summed E-state index contributed by atoms with van der Waals surface area (Å²) in [4.78, 5) is 4.28. The molecule has 2 N–H and O–H groups in total. The molecule has 0 bridgehead atoms. The van der Waals surface area contributed by atoms with Gasteiger partial charge in [0.1, 0.15) is 10.7 Å². The third-order valence-corrected chi connectivity index (χ3v) is 4.34. The smallest absolute Gasteiger partial charge is 0.244 e. The highest BCUT2D eigenvalue weighted by molar-refractivity contribution is 7.89. The normalized spacial score (nSPS) is 13.2. The highest BCUT2D eigenvalue weighted by Crippen LogP contribution is 2.18. The number of hydrogen-bond acceptors (Lipinski definition) is 5. The first kappa shape index (κ1) is 16.9. The van der Waals surface area contributed by atoms with E-state index in [-0.39, 0.29) is 10.9 Å². The van der Waals surface area contributed by atoms with Crippen LogP contribution in [0.25, 0.3) is 0 Å².